The highest BCUT2D eigenvalue weighted by atomic mass is 14.3. The molecular formula is C28H38N2. The Kier molecular flexibility index (Phi) is 9.50. The Hall–Kier alpha value is -2.06. The summed E-state index contributed by atoms with van der Waals surface area (Å²) in [6, 6.07) is 12.6. The molecule has 2 aliphatic rings. The summed E-state index contributed by atoms with van der Waals surface area (Å²) in [4.78, 5) is 0. The first kappa shape index (κ1) is 22.6. The summed E-state index contributed by atoms with van der Waals surface area (Å²) >= 11 is 0. The molecule has 0 saturated heterocycles. The van der Waals surface area contributed by atoms with E-state index in [9.17, 15) is 0 Å². The first-order valence-electron chi connectivity index (χ1n) is 12.3. The van der Waals surface area contributed by atoms with Gasteiger partial charge in [-0.2, -0.15) is 10.5 Å². The maximum Gasteiger partial charge on any atom is 0.0991 e. The number of benzene rings is 1. The van der Waals surface area contributed by atoms with Crippen molar-refractivity contribution in [3.05, 3.63) is 47.5 Å². The molecule has 0 heterocycles. The zero-order valence-corrected chi connectivity index (χ0v) is 18.6. The van der Waals surface area contributed by atoms with E-state index in [0.29, 0.717) is 5.92 Å². The molecule has 30 heavy (non-hydrogen) atoms. The van der Waals surface area contributed by atoms with Crippen LogP contribution in [0.4, 0.5) is 0 Å². The van der Waals surface area contributed by atoms with Crippen LogP contribution in [0.3, 0.4) is 0 Å². The van der Waals surface area contributed by atoms with Gasteiger partial charge in [0.25, 0.3) is 0 Å². The lowest BCUT2D eigenvalue weighted by atomic mass is 9.76. The fraction of sp³-hybridized carbons (Fsp3) is 0.643. The molecule has 0 bridgehead atoms. The fourth-order valence-corrected chi connectivity index (χ4v) is 5.76. The second-order valence-corrected chi connectivity index (χ2v) is 9.73. The van der Waals surface area contributed by atoms with E-state index >= 15 is 0 Å². The molecule has 0 spiro atoms. The highest BCUT2D eigenvalue weighted by molar-refractivity contribution is 5.33. The molecule has 2 nitrogen and oxygen atoms in total. The van der Waals surface area contributed by atoms with Gasteiger partial charge in [-0.1, -0.05) is 69.6 Å². The second kappa shape index (κ2) is 12.6. The molecule has 0 aliphatic heterocycles. The van der Waals surface area contributed by atoms with Crippen LogP contribution in [0.1, 0.15) is 107 Å². The van der Waals surface area contributed by atoms with E-state index in [0.717, 1.165) is 29.7 Å². The molecule has 0 aromatic heterocycles. The largest absolute Gasteiger partial charge is 0.193 e. The molecule has 0 atom stereocenters. The first-order chi connectivity index (χ1) is 14.8. The van der Waals surface area contributed by atoms with Gasteiger partial charge < -0.3 is 0 Å². The Morgan fingerprint density at radius 2 is 1.27 bits per heavy atom. The number of nitriles is 2. The van der Waals surface area contributed by atoms with Crippen LogP contribution in [0.25, 0.3) is 0 Å². The van der Waals surface area contributed by atoms with Crippen LogP contribution in [0, 0.1) is 40.4 Å². The number of allylic oxidation sites excluding steroid dienone is 2. The van der Waals surface area contributed by atoms with Crippen molar-refractivity contribution < 1.29 is 0 Å². The molecule has 2 saturated carbocycles. The molecule has 0 N–H and O–H groups in total. The van der Waals surface area contributed by atoms with Gasteiger partial charge in [0.1, 0.15) is 0 Å². The predicted molar refractivity (Wildman–Crippen MR) is 124 cm³/mol. The molecule has 1 aromatic rings. The molecule has 0 unspecified atom stereocenters. The minimum atomic E-state index is 0.708. The van der Waals surface area contributed by atoms with Crippen LogP contribution in [0.5, 0.6) is 0 Å². The minimum absolute atomic E-state index is 0.708. The lowest BCUT2D eigenvalue weighted by molar-refractivity contribution is 0.244. The summed E-state index contributed by atoms with van der Waals surface area (Å²) < 4.78 is 0. The van der Waals surface area contributed by atoms with Crippen LogP contribution < -0.4 is 0 Å². The summed E-state index contributed by atoms with van der Waals surface area (Å²) in [6.07, 6.45) is 22.8. The lowest BCUT2D eigenvalue weighted by Gasteiger charge is -2.30. The number of rotatable bonds is 9. The van der Waals surface area contributed by atoms with E-state index in [4.69, 9.17) is 10.5 Å². The van der Waals surface area contributed by atoms with Crippen LogP contribution in [0.15, 0.2) is 36.4 Å². The van der Waals surface area contributed by atoms with Crippen molar-refractivity contribution in [2.75, 3.05) is 0 Å². The normalized spacial score (nSPS) is 26.9. The predicted octanol–water partition coefficient (Wildman–Crippen LogP) is 8.06. The summed E-state index contributed by atoms with van der Waals surface area (Å²) in [5.41, 5.74) is 2.21. The van der Waals surface area contributed by atoms with Gasteiger partial charge >= 0.3 is 0 Å². The monoisotopic (exact) mass is 402 g/mol. The zero-order valence-electron chi connectivity index (χ0n) is 18.6. The SMILES string of the molecule is N#CC=CCCC1CCC(CCCCC2CCC(c3ccc(C#N)cc3)CC2)CC1. The zero-order chi connectivity index (χ0) is 21.0. The first-order valence-corrected chi connectivity index (χ1v) is 12.3. The minimum Gasteiger partial charge on any atom is -0.193 e. The van der Waals surface area contributed by atoms with E-state index < -0.39 is 0 Å². The summed E-state index contributed by atoms with van der Waals surface area (Å²) in [5, 5.41) is 17.5. The van der Waals surface area contributed by atoms with Gasteiger partial charge in [-0.25, -0.2) is 0 Å². The van der Waals surface area contributed by atoms with Gasteiger partial charge in [-0.15, -0.1) is 0 Å². The second-order valence-electron chi connectivity index (χ2n) is 9.73. The Morgan fingerprint density at radius 3 is 1.80 bits per heavy atom. The standard InChI is InChI=1S/C28H38N2/c29-21-5-1-2-6-23-9-11-24(12-10-23)7-3-4-8-25-13-17-27(18-14-25)28-19-15-26(22-30)16-20-28/h1,5,15-16,19-20,23-25,27H,2-4,6-14,17-18H2. The molecular weight excluding hydrogens is 364 g/mol. The summed E-state index contributed by atoms with van der Waals surface area (Å²) in [7, 11) is 0. The van der Waals surface area contributed by atoms with Gasteiger partial charge in [0.2, 0.25) is 0 Å². The number of nitrogens with zero attached hydrogens (tertiary/aromatic N) is 2. The third-order valence-corrected chi connectivity index (χ3v) is 7.73. The van der Waals surface area contributed by atoms with Gasteiger partial charge in [0, 0.05) is 6.08 Å². The van der Waals surface area contributed by atoms with Crippen molar-refractivity contribution in [3.63, 3.8) is 0 Å². The average Bonchev–Trinajstić information content (AvgIpc) is 2.81. The molecule has 0 amide bonds. The van der Waals surface area contributed by atoms with E-state index in [2.05, 4.69) is 24.3 Å². The molecule has 0 radical (unpaired) electrons. The molecule has 2 fully saturated rings. The maximum absolute atomic E-state index is 8.96. The topological polar surface area (TPSA) is 47.6 Å². The molecule has 3 rings (SSSR count). The van der Waals surface area contributed by atoms with Crippen molar-refractivity contribution in [2.24, 2.45) is 17.8 Å². The number of unbranched alkanes of at least 4 members (excludes halogenated alkanes) is 1. The smallest absolute Gasteiger partial charge is 0.0991 e. The Morgan fingerprint density at radius 1 is 0.733 bits per heavy atom. The van der Waals surface area contributed by atoms with Crippen LogP contribution in [0.2, 0.25) is 0 Å². The van der Waals surface area contributed by atoms with Gasteiger partial charge in [0.15, 0.2) is 0 Å². The van der Waals surface area contributed by atoms with E-state index in [1.165, 1.54) is 89.0 Å². The molecule has 2 aliphatic carbocycles. The Labute approximate surface area is 184 Å². The van der Waals surface area contributed by atoms with Crippen LogP contribution in [-0.2, 0) is 0 Å². The van der Waals surface area contributed by atoms with Gasteiger partial charge in [0.05, 0.1) is 17.7 Å². The Balaban J connectivity index is 1.24. The van der Waals surface area contributed by atoms with Gasteiger partial charge in [-0.05, 0) is 79.9 Å². The number of hydrogen-bond acceptors (Lipinski definition) is 2. The van der Waals surface area contributed by atoms with Crippen molar-refractivity contribution in [1.82, 2.24) is 0 Å². The van der Waals surface area contributed by atoms with Gasteiger partial charge in [-0.3, -0.25) is 0 Å². The third-order valence-electron chi connectivity index (χ3n) is 7.73. The fourth-order valence-electron chi connectivity index (χ4n) is 5.76. The average molecular weight is 403 g/mol. The summed E-state index contributed by atoms with van der Waals surface area (Å²) in [6.45, 7) is 0. The molecule has 160 valence electrons. The van der Waals surface area contributed by atoms with Crippen LogP contribution in [-0.4, -0.2) is 0 Å². The lowest BCUT2D eigenvalue weighted by Crippen LogP contribution is -2.15. The van der Waals surface area contributed by atoms with E-state index in [-0.39, 0.29) is 0 Å². The van der Waals surface area contributed by atoms with Crippen molar-refractivity contribution in [1.29, 1.82) is 10.5 Å². The van der Waals surface area contributed by atoms with Crippen molar-refractivity contribution in [2.45, 2.75) is 95.8 Å². The highest BCUT2D eigenvalue weighted by Gasteiger charge is 2.23. The van der Waals surface area contributed by atoms with E-state index in [1.807, 2.05) is 18.2 Å². The molecule has 1 aromatic carbocycles. The van der Waals surface area contributed by atoms with Crippen molar-refractivity contribution in [3.8, 4) is 12.1 Å². The van der Waals surface area contributed by atoms with Crippen LogP contribution >= 0.6 is 0 Å². The summed E-state index contributed by atoms with van der Waals surface area (Å²) in [5.74, 6) is 3.52. The van der Waals surface area contributed by atoms with E-state index in [1.54, 1.807) is 6.08 Å². The number of hydrogen-bond donors (Lipinski definition) is 0. The molecule has 2 heteroatoms. The van der Waals surface area contributed by atoms with Crippen molar-refractivity contribution >= 4 is 0 Å². The maximum atomic E-state index is 8.96. The Bertz CT molecular complexity index is 717. The third kappa shape index (κ3) is 7.32. The quantitative estimate of drug-likeness (QED) is 0.310. The highest BCUT2D eigenvalue weighted by Crippen LogP contribution is 2.38.